The van der Waals surface area contributed by atoms with Gasteiger partial charge in [-0.2, -0.15) is 0 Å². The third-order valence-electron chi connectivity index (χ3n) is 4.55. The number of hydrogen-bond acceptors (Lipinski definition) is 5. The molecule has 1 aromatic heterocycles. The number of hydrogen-bond donors (Lipinski definition) is 2. The molecule has 0 radical (unpaired) electrons. The standard InChI is InChI=1S/C22H22N2O5/c1-28-18-11-7-15(8-12-18)20(25)19(22(27)29-2)23-21(26)16-5-9-17(10-6-16)24-13-3-4-14-24/h3-14,19-20,25H,1-2H3,(H,23,26). The van der Waals surface area contributed by atoms with E-state index in [0.717, 1.165) is 5.69 Å². The molecule has 150 valence electrons. The molecule has 0 bridgehead atoms. The predicted molar refractivity (Wildman–Crippen MR) is 107 cm³/mol. The van der Waals surface area contributed by atoms with Crippen LogP contribution in [-0.4, -0.2) is 41.8 Å². The molecule has 2 unspecified atom stereocenters. The smallest absolute Gasteiger partial charge is 0.331 e. The fourth-order valence-electron chi connectivity index (χ4n) is 2.90. The number of nitrogens with one attached hydrogen (secondary N) is 1. The molecule has 3 rings (SSSR count). The summed E-state index contributed by atoms with van der Waals surface area (Å²) in [6, 6.07) is 16.0. The van der Waals surface area contributed by atoms with Crippen LogP contribution in [0.25, 0.3) is 5.69 Å². The summed E-state index contributed by atoms with van der Waals surface area (Å²) in [4.78, 5) is 24.9. The number of nitrogens with zero attached hydrogens (tertiary/aromatic N) is 1. The van der Waals surface area contributed by atoms with Crippen molar-refractivity contribution in [1.82, 2.24) is 9.88 Å². The van der Waals surface area contributed by atoms with Gasteiger partial charge in [-0.1, -0.05) is 12.1 Å². The van der Waals surface area contributed by atoms with Crippen LogP contribution in [0.15, 0.2) is 73.1 Å². The Bertz CT molecular complexity index is 950. The first-order valence-electron chi connectivity index (χ1n) is 8.97. The van der Waals surface area contributed by atoms with Gasteiger partial charge in [0.2, 0.25) is 0 Å². The third-order valence-corrected chi connectivity index (χ3v) is 4.55. The van der Waals surface area contributed by atoms with Crippen molar-refractivity contribution in [3.8, 4) is 11.4 Å². The Hall–Kier alpha value is -3.58. The molecule has 1 heterocycles. The second-order valence-corrected chi connectivity index (χ2v) is 6.33. The zero-order chi connectivity index (χ0) is 20.8. The summed E-state index contributed by atoms with van der Waals surface area (Å²) >= 11 is 0. The Kier molecular flexibility index (Phi) is 6.31. The maximum Gasteiger partial charge on any atom is 0.331 e. The molecule has 0 saturated carbocycles. The van der Waals surface area contributed by atoms with Crippen molar-refractivity contribution in [1.29, 1.82) is 0 Å². The molecule has 0 spiro atoms. The molecular weight excluding hydrogens is 372 g/mol. The van der Waals surface area contributed by atoms with E-state index in [9.17, 15) is 14.7 Å². The van der Waals surface area contributed by atoms with Gasteiger partial charge in [-0.15, -0.1) is 0 Å². The van der Waals surface area contributed by atoms with Gasteiger partial charge in [0.1, 0.15) is 11.9 Å². The topological polar surface area (TPSA) is 89.8 Å². The molecule has 0 aliphatic heterocycles. The highest BCUT2D eigenvalue weighted by Gasteiger charge is 2.31. The molecule has 0 fully saturated rings. The Balaban J connectivity index is 1.76. The monoisotopic (exact) mass is 394 g/mol. The first-order chi connectivity index (χ1) is 14.0. The molecule has 29 heavy (non-hydrogen) atoms. The Morgan fingerprint density at radius 2 is 1.59 bits per heavy atom. The van der Waals surface area contributed by atoms with Gasteiger partial charge in [0.25, 0.3) is 5.91 Å². The lowest BCUT2D eigenvalue weighted by Gasteiger charge is -2.22. The van der Waals surface area contributed by atoms with E-state index in [1.807, 2.05) is 29.1 Å². The third kappa shape index (κ3) is 4.64. The van der Waals surface area contributed by atoms with Gasteiger partial charge in [0, 0.05) is 23.6 Å². The molecule has 7 heteroatoms. The summed E-state index contributed by atoms with van der Waals surface area (Å²) in [6.45, 7) is 0. The maximum absolute atomic E-state index is 12.7. The molecule has 2 atom stereocenters. The van der Waals surface area contributed by atoms with Gasteiger partial charge >= 0.3 is 5.97 Å². The number of esters is 1. The number of aromatic nitrogens is 1. The van der Waals surface area contributed by atoms with Crippen molar-refractivity contribution in [2.24, 2.45) is 0 Å². The van der Waals surface area contributed by atoms with E-state index in [1.54, 1.807) is 48.5 Å². The van der Waals surface area contributed by atoms with Crippen LogP contribution in [0, 0.1) is 0 Å². The van der Waals surface area contributed by atoms with E-state index in [2.05, 4.69) is 5.32 Å². The second kappa shape index (κ2) is 9.07. The summed E-state index contributed by atoms with van der Waals surface area (Å²) in [6.07, 6.45) is 2.51. The zero-order valence-corrected chi connectivity index (χ0v) is 16.1. The number of methoxy groups -OCH3 is 2. The number of amides is 1. The van der Waals surface area contributed by atoms with E-state index in [1.165, 1.54) is 14.2 Å². The Morgan fingerprint density at radius 3 is 2.14 bits per heavy atom. The lowest BCUT2D eigenvalue weighted by atomic mass is 10.0. The van der Waals surface area contributed by atoms with Gasteiger partial charge in [-0.3, -0.25) is 4.79 Å². The minimum absolute atomic E-state index is 0.358. The van der Waals surface area contributed by atoms with Crippen LogP contribution in [0.3, 0.4) is 0 Å². The first-order valence-corrected chi connectivity index (χ1v) is 8.97. The van der Waals surface area contributed by atoms with Gasteiger partial charge in [-0.25, -0.2) is 4.79 Å². The van der Waals surface area contributed by atoms with Crippen LogP contribution < -0.4 is 10.1 Å². The van der Waals surface area contributed by atoms with Gasteiger partial charge in [-0.05, 0) is 54.1 Å². The van der Waals surface area contributed by atoms with E-state index in [4.69, 9.17) is 9.47 Å². The number of carbonyl (C=O) groups excluding carboxylic acids is 2. The van der Waals surface area contributed by atoms with Crippen LogP contribution in [0.2, 0.25) is 0 Å². The fraction of sp³-hybridized carbons (Fsp3) is 0.182. The molecule has 3 aromatic rings. The first kappa shape index (κ1) is 20.2. The SMILES string of the molecule is COC(=O)C(NC(=O)c1ccc(-n2cccc2)cc1)C(O)c1ccc(OC)cc1. The Morgan fingerprint density at radius 1 is 0.966 bits per heavy atom. The number of aliphatic hydroxyl groups is 1. The number of carbonyl (C=O) groups is 2. The largest absolute Gasteiger partial charge is 0.497 e. The van der Waals surface area contributed by atoms with Gasteiger partial charge in [0.05, 0.1) is 14.2 Å². The quantitative estimate of drug-likeness (QED) is 0.601. The molecule has 2 aromatic carbocycles. The molecule has 7 nitrogen and oxygen atoms in total. The molecule has 0 aliphatic rings. The lowest BCUT2D eigenvalue weighted by Crippen LogP contribution is -2.45. The fourth-order valence-corrected chi connectivity index (χ4v) is 2.90. The molecule has 0 aliphatic carbocycles. The predicted octanol–water partition coefficient (Wildman–Crippen LogP) is 2.49. The molecule has 2 N–H and O–H groups in total. The summed E-state index contributed by atoms with van der Waals surface area (Å²) < 4.78 is 11.8. The second-order valence-electron chi connectivity index (χ2n) is 6.33. The van der Waals surface area contributed by atoms with Crippen molar-refractivity contribution in [2.45, 2.75) is 12.1 Å². The van der Waals surface area contributed by atoms with E-state index < -0.39 is 24.0 Å². The highest BCUT2D eigenvalue weighted by molar-refractivity contribution is 5.97. The summed E-state index contributed by atoms with van der Waals surface area (Å²) in [7, 11) is 2.73. The highest BCUT2D eigenvalue weighted by atomic mass is 16.5. The molecular formula is C22H22N2O5. The lowest BCUT2D eigenvalue weighted by molar-refractivity contribution is -0.146. The average Bonchev–Trinajstić information content (AvgIpc) is 3.31. The number of ether oxygens (including phenoxy) is 2. The Labute approximate surface area is 168 Å². The van der Waals surface area contributed by atoms with Crippen LogP contribution >= 0.6 is 0 Å². The molecule has 0 saturated heterocycles. The van der Waals surface area contributed by atoms with Crippen molar-refractivity contribution in [2.75, 3.05) is 14.2 Å². The number of aliphatic hydroxyl groups excluding tert-OH is 1. The highest BCUT2D eigenvalue weighted by Crippen LogP contribution is 2.21. The van der Waals surface area contributed by atoms with Crippen molar-refractivity contribution < 1.29 is 24.2 Å². The summed E-state index contributed by atoms with van der Waals surface area (Å²) in [5.74, 6) is -0.625. The normalized spacial score (nSPS) is 12.7. The zero-order valence-electron chi connectivity index (χ0n) is 16.1. The van der Waals surface area contributed by atoms with Crippen LogP contribution in [0.1, 0.15) is 22.0 Å². The summed E-state index contributed by atoms with van der Waals surface area (Å²) in [5.41, 5.74) is 1.70. The van der Waals surface area contributed by atoms with E-state index in [0.29, 0.717) is 16.9 Å². The number of benzene rings is 2. The number of rotatable bonds is 7. The van der Waals surface area contributed by atoms with Crippen LogP contribution in [0.4, 0.5) is 0 Å². The van der Waals surface area contributed by atoms with Crippen molar-refractivity contribution in [3.63, 3.8) is 0 Å². The molecule has 1 amide bonds. The van der Waals surface area contributed by atoms with E-state index >= 15 is 0 Å². The van der Waals surface area contributed by atoms with E-state index in [-0.39, 0.29) is 0 Å². The van der Waals surface area contributed by atoms with Crippen molar-refractivity contribution in [3.05, 3.63) is 84.2 Å². The minimum atomic E-state index is -1.28. The van der Waals surface area contributed by atoms with Crippen LogP contribution in [-0.2, 0) is 9.53 Å². The van der Waals surface area contributed by atoms with Gasteiger partial charge < -0.3 is 24.5 Å². The van der Waals surface area contributed by atoms with Crippen LogP contribution in [0.5, 0.6) is 5.75 Å². The van der Waals surface area contributed by atoms with Gasteiger partial charge in [0.15, 0.2) is 6.04 Å². The van der Waals surface area contributed by atoms with Crippen molar-refractivity contribution >= 4 is 11.9 Å². The minimum Gasteiger partial charge on any atom is -0.497 e. The maximum atomic E-state index is 12.7. The average molecular weight is 394 g/mol. The summed E-state index contributed by atoms with van der Waals surface area (Å²) in [5, 5.41) is 13.2.